The van der Waals surface area contributed by atoms with Crippen molar-refractivity contribution in [3.63, 3.8) is 0 Å². The normalized spacial score (nSPS) is 17.6. The smallest absolute Gasteiger partial charge is 0.298 e. The van der Waals surface area contributed by atoms with Gasteiger partial charge in [0.1, 0.15) is 5.82 Å². The molecule has 1 aliphatic rings. The van der Waals surface area contributed by atoms with Crippen molar-refractivity contribution in [1.82, 2.24) is 29.6 Å². The predicted octanol–water partition coefficient (Wildman–Crippen LogP) is 2.88. The minimum atomic E-state index is -0.200. The van der Waals surface area contributed by atoms with Crippen LogP contribution in [0.15, 0.2) is 66.0 Å². The molecule has 1 fully saturated rings. The van der Waals surface area contributed by atoms with Crippen molar-refractivity contribution in [2.45, 2.75) is 25.3 Å². The van der Waals surface area contributed by atoms with Crippen molar-refractivity contribution in [1.29, 1.82) is 0 Å². The lowest BCUT2D eigenvalue weighted by molar-refractivity contribution is 0.196. The summed E-state index contributed by atoms with van der Waals surface area (Å²) in [5.41, 5.74) is 1.78. The minimum Gasteiger partial charge on any atom is -0.298 e. The van der Waals surface area contributed by atoms with Crippen molar-refractivity contribution < 1.29 is 0 Å². The van der Waals surface area contributed by atoms with E-state index in [4.69, 9.17) is 0 Å². The third-order valence-corrected chi connectivity index (χ3v) is 5.54. The Labute approximate surface area is 168 Å². The summed E-state index contributed by atoms with van der Waals surface area (Å²) in [5, 5.41) is 6.63. The van der Waals surface area contributed by atoms with Crippen LogP contribution < -0.4 is 5.69 Å². The first kappa shape index (κ1) is 17.8. The quantitative estimate of drug-likeness (QED) is 0.583. The molecule has 1 unspecified atom stereocenters. The third kappa shape index (κ3) is 3.56. The Morgan fingerprint density at radius 2 is 2.00 bits per heavy atom. The molecule has 29 heavy (non-hydrogen) atoms. The summed E-state index contributed by atoms with van der Waals surface area (Å²) in [6, 6.07) is 11.8. The summed E-state index contributed by atoms with van der Waals surface area (Å²) in [4.78, 5) is 26.5. The highest BCUT2D eigenvalue weighted by Crippen LogP contribution is 2.26. The van der Waals surface area contributed by atoms with E-state index in [9.17, 15) is 4.79 Å². The molecule has 7 heteroatoms. The number of pyridine rings is 2. The molecule has 5 rings (SSSR count). The summed E-state index contributed by atoms with van der Waals surface area (Å²) in [6.45, 7) is 2.79. The number of benzene rings is 1. The SMILES string of the molecule is O=c1[nH]c(C2CCCN(Cc3cccnc3)C2)nn1-c1cccc2cnccc12. The topological polar surface area (TPSA) is 79.7 Å². The molecule has 0 amide bonds. The lowest BCUT2D eigenvalue weighted by Crippen LogP contribution is -2.34. The molecule has 1 atom stereocenters. The number of H-pyrrole nitrogens is 1. The molecule has 0 spiro atoms. The van der Waals surface area contributed by atoms with E-state index in [2.05, 4.69) is 31.0 Å². The van der Waals surface area contributed by atoms with Crippen molar-refractivity contribution in [2.75, 3.05) is 13.1 Å². The Hall–Kier alpha value is -3.32. The van der Waals surface area contributed by atoms with Crippen molar-refractivity contribution in [2.24, 2.45) is 0 Å². The highest BCUT2D eigenvalue weighted by molar-refractivity contribution is 5.89. The molecule has 0 aliphatic carbocycles. The molecular formula is C22H22N6O. The van der Waals surface area contributed by atoms with Gasteiger partial charge in [0.2, 0.25) is 0 Å². The van der Waals surface area contributed by atoms with E-state index in [1.165, 1.54) is 10.2 Å². The number of aromatic amines is 1. The molecule has 1 saturated heterocycles. The van der Waals surface area contributed by atoms with E-state index in [0.717, 1.165) is 54.8 Å². The second-order valence-electron chi connectivity index (χ2n) is 7.54. The van der Waals surface area contributed by atoms with Crippen molar-refractivity contribution in [3.05, 3.63) is 83.1 Å². The van der Waals surface area contributed by atoms with Gasteiger partial charge in [-0.1, -0.05) is 18.2 Å². The first-order valence-electron chi connectivity index (χ1n) is 9.91. The first-order chi connectivity index (χ1) is 14.3. The van der Waals surface area contributed by atoms with Gasteiger partial charge in [0.15, 0.2) is 0 Å². The van der Waals surface area contributed by atoms with Crippen molar-refractivity contribution >= 4 is 10.8 Å². The lowest BCUT2D eigenvalue weighted by Gasteiger charge is -2.31. The molecule has 4 aromatic rings. The standard InChI is InChI=1S/C22H22N6O/c29-22-25-21(18-6-3-11-27(15-18)14-16-4-2-9-23-12-16)26-28(22)20-7-1-5-17-13-24-10-8-19(17)20/h1-2,4-5,7-10,12-13,18H,3,6,11,14-15H2,(H,25,26,29). The fourth-order valence-electron chi connectivity index (χ4n) is 4.15. The zero-order valence-electron chi connectivity index (χ0n) is 16.0. The number of piperidine rings is 1. The fraction of sp³-hybridized carbons (Fsp3) is 0.273. The first-order valence-corrected chi connectivity index (χ1v) is 9.91. The summed E-state index contributed by atoms with van der Waals surface area (Å²) < 4.78 is 1.48. The van der Waals surface area contributed by atoms with Crippen LogP contribution in [0.2, 0.25) is 0 Å². The number of nitrogens with zero attached hydrogens (tertiary/aromatic N) is 5. The summed E-state index contributed by atoms with van der Waals surface area (Å²) in [6.07, 6.45) is 9.35. The predicted molar refractivity (Wildman–Crippen MR) is 111 cm³/mol. The molecule has 0 bridgehead atoms. The molecular weight excluding hydrogens is 364 g/mol. The average Bonchev–Trinajstić information content (AvgIpc) is 3.16. The molecule has 7 nitrogen and oxygen atoms in total. The van der Waals surface area contributed by atoms with Crippen LogP contribution in [-0.2, 0) is 6.54 Å². The lowest BCUT2D eigenvalue weighted by atomic mass is 9.97. The second kappa shape index (κ2) is 7.60. The third-order valence-electron chi connectivity index (χ3n) is 5.54. The van der Waals surface area contributed by atoms with E-state index in [1.807, 2.05) is 36.5 Å². The van der Waals surface area contributed by atoms with Crippen LogP contribution in [0.25, 0.3) is 16.5 Å². The molecule has 146 valence electrons. The van der Waals surface area contributed by atoms with Gasteiger partial charge in [-0.15, -0.1) is 5.10 Å². The maximum Gasteiger partial charge on any atom is 0.348 e. The molecule has 3 aromatic heterocycles. The van der Waals surface area contributed by atoms with Crippen LogP contribution in [0.4, 0.5) is 0 Å². The monoisotopic (exact) mass is 386 g/mol. The number of hydrogen-bond acceptors (Lipinski definition) is 5. The maximum atomic E-state index is 12.7. The number of hydrogen-bond donors (Lipinski definition) is 1. The van der Waals surface area contributed by atoms with E-state index in [-0.39, 0.29) is 11.6 Å². The molecule has 0 radical (unpaired) electrons. The highest BCUT2D eigenvalue weighted by atomic mass is 16.1. The molecule has 1 aromatic carbocycles. The zero-order valence-corrected chi connectivity index (χ0v) is 16.0. The number of nitrogens with one attached hydrogen (secondary N) is 1. The minimum absolute atomic E-state index is 0.200. The highest BCUT2D eigenvalue weighted by Gasteiger charge is 2.25. The Balaban J connectivity index is 1.42. The van der Waals surface area contributed by atoms with Gasteiger partial charge in [-0.25, -0.2) is 4.79 Å². The fourth-order valence-corrected chi connectivity index (χ4v) is 4.15. The number of rotatable bonds is 4. The number of likely N-dealkylation sites (tertiary alicyclic amines) is 1. The molecule has 0 saturated carbocycles. The number of aromatic nitrogens is 5. The van der Waals surface area contributed by atoms with Gasteiger partial charge in [0, 0.05) is 54.6 Å². The van der Waals surface area contributed by atoms with E-state index < -0.39 is 0 Å². The Morgan fingerprint density at radius 3 is 2.90 bits per heavy atom. The van der Waals surface area contributed by atoms with Crippen LogP contribution in [0.3, 0.4) is 0 Å². The van der Waals surface area contributed by atoms with Crippen LogP contribution >= 0.6 is 0 Å². The van der Waals surface area contributed by atoms with Gasteiger partial charge in [-0.2, -0.15) is 4.68 Å². The van der Waals surface area contributed by atoms with Gasteiger partial charge >= 0.3 is 5.69 Å². The second-order valence-corrected chi connectivity index (χ2v) is 7.54. The molecule has 1 N–H and O–H groups in total. The maximum absolute atomic E-state index is 12.7. The molecule has 1 aliphatic heterocycles. The Bertz CT molecular complexity index is 1180. The summed E-state index contributed by atoms with van der Waals surface area (Å²) in [7, 11) is 0. The zero-order chi connectivity index (χ0) is 19.6. The van der Waals surface area contributed by atoms with Crippen LogP contribution in [0, 0.1) is 0 Å². The molecule has 4 heterocycles. The van der Waals surface area contributed by atoms with Gasteiger partial charge < -0.3 is 0 Å². The van der Waals surface area contributed by atoms with Gasteiger partial charge in [-0.3, -0.25) is 19.9 Å². The van der Waals surface area contributed by atoms with E-state index in [0.29, 0.717) is 0 Å². The summed E-state index contributed by atoms with van der Waals surface area (Å²) in [5.74, 6) is 0.975. The van der Waals surface area contributed by atoms with Gasteiger partial charge in [0.25, 0.3) is 0 Å². The van der Waals surface area contributed by atoms with Gasteiger partial charge in [0.05, 0.1) is 5.69 Å². The Kier molecular flexibility index (Phi) is 4.65. The van der Waals surface area contributed by atoms with Crippen LogP contribution in [-0.4, -0.2) is 42.7 Å². The van der Waals surface area contributed by atoms with Crippen LogP contribution in [0.5, 0.6) is 0 Å². The average molecular weight is 386 g/mol. The van der Waals surface area contributed by atoms with Gasteiger partial charge in [-0.05, 0) is 43.1 Å². The number of fused-ring (bicyclic) bond motifs is 1. The largest absolute Gasteiger partial charge is 0.348 e. The Morgan fingerprint density at radius 1 is 1.07 bits per heavy atom. The van der Waals surface area contributed by atoms with E-state index in [1.54, 1.807) is 18.6 Å². The van der Waals surface area contributed by atoms with Crippen molar-refractivity contribution in [3.8, 4) is 5.69 Å². The van der Waals surface area contributed by atoms with E-state index >= 15 is 0 Å². The summed E-state index contributed by atoms with van der Waals surface area (Å²) >= 11 is 0. The van der Waals surface area contributed by atoms with Crippen LogP contribution in [0.1, 0.15) is 30.1 Å².